The van der Waals surface area contributed by atoms with Gasteiger partial charge in [0.25, 0.3) is 8.32 Å². The first-order chi connectivity index (χ1) is 21.1. The van der Waals surface area contributed by atoms with Gasteiger partial charge in [0, 0.05) is 0 Å². The number of quaternary nitrogens is 1. The lowest BCUT2D eigenvalue weighted by atomic mass is 10.0. The van der Waals surface area contributed by atoms with Gasteiger partial charge < -0.3 is 8.91 Å². The predicted molar refractivity (Wildman–Crippen MR) is 191 cm³/mol. The molecule has 0 spiro atoms. The maximum Gasteiger partial charge on any atom is 0.288 e. The Balaban J connectivity index is 1.37. The van der Waals surface area contributed by atoms with Crippen molar-refractivity contribution in [3.05, 3.63) is 91.0 Å². The molecule has 0 unspecified atom stereocenters. The molecule has 0 atom stereocenters. The van der Waals surface area contributed by atoms with E-state index in [0.717, 1.165) is 17.6 Å². The summed E-state index contributed by atoms with van der Waals surface area (Å²) in [6.07, 6.45) is 22.7. The van der Waals surface area contributed by atoms with Crippen molar-refractivity contribution < 1.29 is 8.91 Å². The minimum atomic E-state index is -2.61. The molecule has 0 fully saturated rings. The Morgan fingerprint density at radius 3 is 1.12 bits per heavy atom. The van der Waals surface area contributed by atoms with E-state index in [2.05, 4.69) is 112 Å². The van der Waals surface area contributed by atoms with Crippen molar-refractivity contribution in [1.29, 1.82) is 0 Å². The van der Waals surface area contributed by atoms with E-state index < -0.39 is 8.32 Å². The molecule has 0 aliphatic carbocycles. The van der Waals surface area contributed by atoms with Crippen molar-refractivity contribution in [3.63, 3.8) is 0 Å². The van der Waals surface area contributed by atoms with Crippen LogP contribution in [0.25, 0.3) is 0 Å². The summed E-state index contributed by atoms with van der Waals surface area (Å²) in [5.41, 5.74) is 0. The molecular weight excluding hydrogens is 539 g/mol. The highest BCUT2D eigenvalue weighted by Crippen LogP contribution is 2.15. The van der Waals surface area contributed by atoms with Gasteiger partial charge in [0.1, 0.15) is 6.54 Å². The molecule has 3 rings (SSSR count). The van der Waals surface area contributed by atoms with E-state index in [-0.39, 0.29) is 0 Å². The first-order valence-corrected chi connectivity index (χ1v) is 19.6. The SMILES string of the molecule is CCCCCCCCCCCCCCCCCC[N+](C)(C)CCO[Si](c1ccccc1)(c1ccccc1)c1ccccc1. The quantitative estimate of drug-likeness (QED) is 0.0431. The molecule has 3 aromatic carbocycles. The highest BCUT2D eigenvalue weighted by Gasteiger charge is 2.42. The monoisotopic (exact) mass is 600 g/mol. The number of rotatable bonds is 24. The van der Waals surface area contributed by atoms with Crippen LogP contribution in [0.2, 0.25) is 0 Å². The van der Waals surface area contributed by atoms with E-state index in [4.69, 9.17) is 4.43 Å². The summed E-state index contributed by atoms with van der Waals surface area (Å²) in [7, 11) is 2.15. The van der Waals surface area contributed by atoms with Gasteiger partial charge in [-0.15, -0.1) is 0 Å². The Morgan fingerprint density at radius 2 is 0.767 bits per heavy atom. The van der Waals surface area contributed by atoms with Crippen molar-refractivity contribution in [1.82, 2.24) is 0 Å². The summed E-state index contributed by atoms with van der Waals surface area (Å²) in [5.74, 6) is 0. The zero-order valence-corrected chi connectivity index (χ0v) is 29.0. The van der Waals surface area contributed by atoms with E-state index in [9.17, 15) is 0 Å². The molecule has 0 N–H and O–H groups in total. The van der Waals surface area contributed by atoms with Crippen molar-refractivity contribution in [3.8, 4) is 0 Å². The molecule has 43 heavy (non-hydrogen) atoms. The summed E-state index contributed by atoms with van der Waals surface area (Å²) in [6.45, 7) is 5.31. The van der Waals surface area contributed by atoms with Gasteiger partial charge >= 0.3 is 0 Å². The van der Waals surface area contributed by atoms with Crippen LogP contribution < -0.4 is 15.6 Å². The van der Waals surface area contributed by atoms with Crippen molar-refractivity contribution >= 4 is 23.9 Å². The predicted octanol–water partition coefficient (Wildman–Crippen LogP) is 9.01. The highest BCUT2D eigenvalue weighted by molar-refractivity contribution is 7.07. The molecule has 0 aliphatic rings. The Hall–Kier alpha value is -2.20. The van der Waals surface area contributed by atoms with E-state index in [1.165, 1.54) is 125 Å². The van der Waals surface area contributed by atoms with Gasteiger partial charge in [0.2, 0.25) is 0 Å². The average Bonchev–Trinajstić information content (AvgIpc) is 3.04. The second kappa shape index (κ2) is 20.7. The smallest absolute Gasteiger partial charge is 0.288 e. The fraction of sp³-hybridized carbons (Fsp3) is 0.550. The Bertz CT molecular complexity index is 973. The molecule has 3 aromatic rings. The molecule has 0 saturated carbocycles. The normalized spacial score (nSPS) is 12.1. The van der Waals surface area contributed by atoms with E-state index in [1.807, 2.05) is 0 Å². The Morgan fingerprint density at radius 1 is 0.442 bits per heavy atom. The van der Waals surface area contributed by atoms with Crippen LogP contribution in [0.3, 0.4) is 0 Å². The zero-order chi connectivity index (χ0) is 30.5. The second-order valence-corrected chi connectivity index (χ2v) is 16.7. The van der Waals surface area contributed by atoms with Crippen molar-refractivity contribution in [2.45, 2.75) is 110 Å². The molecule has 0 heterocycles. The Kier molecular flexibility index (Phi) is 17.0. The number of hydrogen-bond donors (Lipinski definition) is 0. The van der Waals surface area contributed by atoms with Gasteiger partial charge in [-0.05, 0) is 28.4 Å². The molecule has 0 bridgehead atoms. The summed E-state index contributed by atoms with van der Waals surface area (Å²) in [4.78, 5) is 0. The van der Waals surface area contributed by atoms with E-state index >= 15 is 0 Å². The summed E-state index contributed by atoms with van der Waals surface area (Å²) >= 11 is 0. The third-order valence-corrected chi connectivity index (χ3v) is 13.2. The second-order valence-electron chi connectivity index (χ2n) is 13.3. The first kappa shape index (κ1) is 35.3. The third-order valence-electron chi connectivity index (χ3n) is 9.17. The molecular formula is C40H62NOSi+. The summed E-state index contributed by atoms with van der Waals surface area (Å²) in [6, 6.07) is 32.9. The average molecular weight is 601 g/mol. The molecule has 2 nitrogen and oxygen atoms in total. The van der Waals surface area contributed by atoms with Gasteiger partial charge in [-0.25, -0.2) is 0 Å². The van der Waals surface area contributed by atoms with Crippen LogP contribution >= 0.6 is 0 Å². The van der Waals surface area contributed by atoms with Crippen molar-refractivity contribution in [2.24, 2.45) is 0 Å². The van der Waals surface area contributed by atoms with Crippen molar-refractivity contribution in [2.75, 3.05) is 33.8 Å². The summed E-state index contributed by atoms with van der Waals surface area (Å²) in [5, 5.41) is 3.95. The number of nitrogens with zero attached hydrogens (tertiary/aromatic N) is 1. The molecule has 0 amide bonds. The van der Waals surface area contributed by atoms with Gasteiger partial charge in [0.05, 0.1) is 27.2 Å². The molecule has 3 heteroatoms. The minimum Gasteiger partial charge on any atom is -0.398 e. The number of likely N-dealkylation sites (N-methyl/N-ethyl adjacent to an activating group) is 1. The lowest BCUT2D eigenvalue weighted by molar-refractivity contribution is -0.890. The maximum absolute atomic E-state index is 7.18. The zero-order valence-electron chi connectivity index (χ0n) is 28.0. The summed E-state index contributed by atoms with van der Waals surface area (Å²) < 4.78 is 8.20. The first-order valence-electron chi connectivity index (χ1n) is 17.7. The molecule has 0 radical (unpaired) electrons. The van der Waals surface area contributed by atoms with Crippen LogP contribution in [0.1, 0.15) is 110 Å². The van der Waals surface area contributed by atoms with Gasteiger partial charge in [0.15, 0.2) is 0 Å². The number of benzene rings is 3. The van der Waals surface area contributed by atoms with Crippen LogP contribution in [-0.4, -0.2) is 46.6 Å². The lowest BCUT2D eigenvalue weighted by Gasteiger charge is -2.35. The maximum atomic E-state index is 7.18. The fourth-order valence-corrected chi connectivity index (χ4v) is 10.3. The third kappa shape index (κ3) is 12.7. The largest absolute Gasteiger partial charge is 0.398 e. The number of unbranched alkanes of at least 4 members (excludes halogenated alkanes) is 15. The number of hydrogen-bond acceptors (Lipinski definition) is 1. The highest BCUT2D eigenvalue weighted by atomic mass is 28.4. The van der Waals surface area contributed by atoms with Crippen LogP contribution in [0, 0.1) is 0 Å². The van der Waals surface area contributed by atoms with Gasteiger partial charge in [-0.3, -0.25) is 0 Å². The van der Waals surface area contributed by atoms with Crippen LogP contribution in [0.5, 0.6) is 0 Å². The van der Waals surface area contributed by atoms with Crippen LogP contribution in [-0.2, 0) is 4.43 Å². The fourth-order valence-electron chi connectivity index (χ4n) is 6.41. The minimum absolute atomic E-state index is 0.761. The molecule has 0 aromatic heterocycles. The molecule has 0 saturated heterocycles. The molecule has 0 aliphatic heterocycles. The lowest BCUT2D eigenvalue weighted by Crippen LogP contribution is -2.69. The van der Waals surface area contributed by atoms with E-state index in [1.54, 1.807) is 0 Å². The van der Waals surface area contributed by atoms with Crippen LogP contribution in [0.4, 0.5) is 0 Å². The Labute approximate surface area is 266 Å². The standard InChI is InChI=1S/C40H62NOSi/c1-4-5-6-7-8-9-10-11-12-13-14-15-16-17-18-28-35-41(2,3)36-37-42-43(38-29-22-19-23-30-38,39-31-24-20-25-32-39)40-33-26-21-27-34-40/h19-27,29-34H,4-18,28,35-37H2,1-3H3/q+1. The van der Waals surface area contributed by atoms with E-state index in [0.29, 0.717) is 0 Å². The van der Waals surface area contributed by atoms with Crippen LogP contribution in [0.15, 0.2) is 91.0 Å². The van der Waals surface area contributed by atoms with Gasteiger partial charge in [-0.1, -0.05) is 188 Å². The molecule has 236 valence electrons. The topological polar surface area (TPSA) is 9.23 Å². The van der Waals surface area contributed by atoms with Gasteiger partial charge in [-0.2, -0.15) is 0 Å².